The van der Waals surface area contributed by atoms with Gasteiger partial charge in [0.1, 0.15) is 12.6 Å². The van der Waals surface area contributed by atoms with Gasteiger partial charge in [0, 0.05) is 12.6 Å². The van der Waals surface area contributed by atoms with Crippen molar-refractivity contribution in [3.05, 3.63) is 65.7 Å². The van der Waals surface area contributed by atoms with Crippen LogP contribution in [-0.4, -0.2) is 56.6 Å². The first-order chi connectivity index (χ1) is 17.3. The molecule has 2 atom stereocenters. The van der Waals surface area contributed by atoms with Crippen molar-refractivity contribution < 1.29 is 18.0 Å². The molecule has 0 saturated heterocycles. The number of nitrogens with one attached hydrogen (secondary N) is 1. The Balaban J connectivity index is 2.38. The monoisotopic (exact) mass is 529 g/mol. The van der Waals surface area contributed by atoms with Gasteiger partial charge in [0.05, 0.1) is 11.9 Å². The summed E-state index contributed by atoms with van der Waals surface area (Å²) in [4.78, 5) is 28.4. The quantitative estimate of drug-likeness (QED) is 0.438. The molecule has 204 valence electrons. The van der Waals surface area contributed by atoms with Gasteiger partial charge in [0.25, 0.3) is 0 Å². The van der Waals surface area contributed by atoms with Gasteiger partial charge < -0.3 is 10.2 Å². The van der Waals surface area contributed by atoms with Crippen LogP contribution in [0.4, 0.5) is 5.69 Å². The van der Waals surface area contributed by atoms with E-state index in [0.29, 0.717) is 25.1 Å². The molecule has 2 amide bonds. The number of hydrogen-bond acceptors (Lipinski definition) is 4. The zero-order valence-electron chi connectivity index (χ0n) is 23.3. The molecule has 37 heavy (non-hydrogen) atoms. The predicted molar refractivity (Wildman–Crippen MR) is 151 cm³/mol. The van der Waals surface area contributed by atoms with Crippen LogP contribution in [0.5, 0.6) is 0 Å². The number of anilines is 1. The predicted octanol–water partition coefficient (Wildman–Crippen LogP) is 4.51. The lowest BCUT2D eigenvalue weighted by atomic mass is 9.87. The second-order valence-electron chi connectivity index (χ2n) is 10.6. The van der Waals surface area contributed by atoms with Gasteiger partial charge in [-0.1, -0.05) is 77.1 Å². The standard InChI is InChI=1S/C29H43N3O4S/c1-8-22(3)30-28(34)26(9-2)31(20-19-23-13-11-10-12-14-23)27(33)21-32(37(7,35)36)25-17-15-24(16-18-25)29(4,5)6/h10-18,22,26H,8-9,19-21H2,1-7H3,(H,30,34). The van der Waals surface area contributed by atoms with E-state index in [0.717, 1.165) is 28.1 Å². The Morgan fingerprint density at radius 2 is 1.54 bits per heavy atom. The van der Waals surface area contributed by atoms with Crippen molar-refractivity contribution in [1.82, 2.24) is 10.2 Å². The minimum Gasteiger partial charge on any atom is -0.352 e. The van der Waals surface area contributed by atoms with Crippen molar-refractivity contribution in [3.8, 4) is 0 Å². The van der Waals surface area contributed by atoms with E-state index in [1.807, 2.05) is 63.2 Å². The topological polar surface area (TPSA) is 86.8 Å². The van der Waals surface area contributed by atoms with Crippen LogP contribution in [0.1, 0.15) is 65.5 Å². The van der Waals surface area contributed by atoms with E-state index in [1.54, 1.807) is 12.1 Å². The maximum absolute atomic E-state index is 13.7. The molecule has 0 saturated carbocycles. The zero-order chi connectivity index (χ0) is 27.8. The molecule has 1 N–H and O–H groups in total. The van der Waals surface area contributed by atoms with Gasteiger partial charge >= 0.3 is 0 Å². The highest BCUT2D eigenvalue weighted by Gasteiger charge is 2.32. The van der Waals surface area contributed by atoms with Gasteiger partial charge in [-0.05, 0) is 54.9 Å². The molecule has 0 spiro atoms. The molecule has 2 rings (SSSR count). The maximum atomic E-state index is 13.7. The number of rotatable bonds is 12. The molecule has 8 heteroatoms. The fraction of sp³-hybridized carbons (Fsp3) is 0.517. The molecule has 0 fully saturated rings. The van der Waals surface area contributed by atoms with Crippen LogP contribution in [0, 0.1) is 0 Å². The average molecular weight is 530 g/mol. The Kier molecular flexibility index (Phi) is 10.7. The van der Waals surface area contributed by atoms with Crippen molar-refractivity contribution in [1.29, 1.82) is 0 Å². The van der Waals surface area contributed by atoms with E-state index in [2.05, 4.69) is 26.1 Å². The van der Waals surface area contributed by atoms with E-state index < -0.39 is 22.0 Å². The molecule has 0 aliphatic rings. The zero-order valence-corrected chi connectivity index (χ0v) is 24.1. The van der Waals surface area contributed by atoms with Crippen LogP contribution in [0.25, 0.3) is 0 Å². The molecular weight excluding hydrogens is 486 g/mol. The van der Waals surface area contributed by atoms with Crippen molar-refractivity contribution in [2.75, 3.05) is 23.7 Å². The number of nitrogens with zero attached hydrogens (tertiary/aromatic N) is 2. The first-order valence-corrected chi connectivity index (χ1v) is 14.8. The van der Waals surface area contributed by atoms with Gasteiger partial charge in [0.2, 0.25) is 21.8 Å². The summed E-state index contributed by atoms with van der Waals surface area (Å²) in [5.74, 6) is -0.633. The van der Waals surface area contributed by atoms with E-state index >= 15 is 0 Å². The number of benzene rings is 2. The molecular formula is C29H43N3O4S. The van der Waals surface area contributed by atoms with Crippen molar-refractivity contribution in [2.24, 2.45) is 0 Å². The molecule has 0 aromatic heterocycles. The van der Waals surface area contributed by atoms with Crippen LogP contribution < -0.4 is 9.62 Å². The Morgan fingerprint density at radius 3 is 2.03 bits per heavy atom. The Bertz CT molecular complexity index is 1130. The van der Waals surface area contributed by atoms with Crippen molar-refractivity contribution >= 4 is 27.5 Å². The normalized spacial score (nSPS) is 13.5. The van der Waals surface area contributed by atoms with Crippen molar-refractivity contribution in [2.45, 2.75) is 78.3 Å². The average Bonchev–Trinajstić information content (AvgIpc) is 2.84. The third-order valence-electron chi connectivity index (χ3n) is 6.57. The molecule has 2 aromatic carbocycles. The SMILES string of the molecule is CCC(C)NC(=O)C(CC)N(CCc1ccccc1)C(=O)CN(c1ccc(C(C)(C)C)cc1)S(C)(=O)=O. The minimum atomic E-state index is -3.75. The number of amides is 2. The van der Waals surface area contributed by atoms with Crippen LogP contribution in [0.15, 0.2) is 54.6 Å². The Labute approximate surface area is 223 Å². The fourth-order valence-corrected chi connectivity index (χ4v) is 4.93. The van der Waals surface area contributed by atoms with Crippen molar-refractivity contribution in [3.63, 3.8) is 0 Å². The van der Waals surface area contributed by atoms with Crippen LogP contribution >= 0.6 is 0 Å². The summed E-state index contributed by atoms with van der Waals surface area (Å²) in [5.41, 5.74) is 2.43. The second-order valence-corrected chi connectivity index (χ2v) is 12.5. The maximum Gasteiger partial charge on any atom is 0.244 e. The Morgan fingerprint density at radius 1 is 0.946 bits per heavy atom. The molecule has 0 bridgehead atoms. The van der Waals surface area contributed by atoms with Crippen LogP contribution in [0.2, 0.25) is 0 Å². The highest BCUT2D eigenvalue weighted by molar-refractivity contribution is 7.92. The number of hydrogen-bond donors (Lipinski definition) is 1. The number of carbonyl (C=O) groups is 2. The van der Waals surface area contributed by atoms with E-state index in [9.17, 15) is 18.0 Å². The first-order valence-electron chi connectivity index (χ1n) is 13.0. The molecule has 0 aliphatic carbocycles. The molecule has 0 heterocycles. The van der Waals surface area contributed by atoms with Crippen LogP contribution in [-0.2, 0) is 31.4 Å². The summed E-state index contributed by atoms with van der Waals surface area (Å²) in [6.07, 6.45) is 2.84. The largest absolute Gasteiger partial charge is 0.352 e. The molecule has 2 unspecified atom stereocenters. The first kappa shape index (κ1) is 30.4. The molecule has 0 radical (unpaired) electrons. The summed E-state index contributed by atoms with van der Waals surface area (Å²) >= 11 is 0. The highest BCUT2D eigenvalue weighted by atomic mass is 32.2. The summed E-state index contributed by atoms with van der Waals surface area (Å²) in [6.45, 7) is 11.9. The van der Waals surface area contributed by atoms with E-state index in [-0.39, 0.29) is 23.9 Å². The van der Waals surface area contributed by atoms with Gasteiger partial charge in [-0.25, -0.2) is 8.42 Å². The summed E-state index contributed by atoms with van der Waals surface area (Å²) in [6, 6.07) is 16.3. The minimum absolute atomic E-state index is 0.0264. The van der Waals surface area contributed by atoms with E-state index in [1.165, 1.54) is 4.90 Å². The fourth-order valence-electron chi connectivity index (χ4n) is 4.08. The molecule has 7 nitrogen and oxygen atoms in total. The van der Waals surface area contributed by atoms with Gasteiger partial charge in [-0.15, -0.1) is 0 Å². The number of carbonyl (C=O) groups excluding carboxylic acids is 2. The van der Waals surface area contributed by atoms with E-state index in [4.69, 9.17) is 0 Å². The smallest absolute Gasteiger partial charge is 0.244 e. The van der Waals surface area contributed by atoms with Gasteiger partial charge in [-0.3, -0.25) is 13.9 Å². The summed E-state index contributed by atoms with van der Waals surface area (Å²) in [7, 11) is -3.75. The second kappa shape index (κ2) is 13.1. The Hall–Kier alpha value is -2.87. The van der Waals surface area contributed by atoms with Crippen LogP contribution in [0.3, 0.4) is 0 Å². The summed E-state index contributed by atoms with van der Waals surface area (Å²) in [5, 5.41) is 2.98. The van der Waals surface area contributed by atoms with Gasteiger partial charge in [-0.2, -0.15) is 0 Å². The number of sulfonamides is 1. The lowest BCUT2D eigenvalue weighted by molar-refractivity contribution is -0.139. The third-order valence-corrected chi connectivity index (χ3v) is 7.71. The lowest BCUT2D eigenvalue weighted by Gasteiger charge is -2.33. The lowest BCUT2D eigenvalue weighted by Crippen LogP contribution is -2.54. The summed E-state index contributed by atoms with van der Waals surface area (Å²) < 4.78 is 26.7. The molecule has 0 aliphatic heterocycles. The highest BCUT2D eigenvalue weighted by Crippen LogP contribution is 2.26. The molecule has 2 aromatic rings. The van der Waals surface area contributed by atoms with Gasteiger partial charge in [0.15, 0.2) is 0 Å². The third kappa shape index (κ3) is 8.88.